The molecule has 12 nitrogen and oxygen atoms in total. The number of carbonyl (C=O) groups is 4. The lowest BCUT2D eigenvalue weighted by atomic mass is 10.0. The molecule has 0 saturated carbocycles. The number of benzene rings is 5. The molecule has 6 aromatic rings. The van der Waals surface area contributed by atoms with Crippen molar-refractivity contribution in [2.75, 3.05) is 46.8 Å². The molecule has 0 spiro atoms. The zero-order valence-electron chi connectivity index (χ0n) is 42.1. The standard InChI is InChI=1S/C62H63NO11/c1-4-58(64)70-40-14-9-8-13-39-69-52-32-34-53(35-33-52)74-60-56-44-48(20-18-46-22-28-50(29-23-46)61(66)72-42-16-7-6-12-38-68-3)26-36-54(56)55-37-27-49(45-57(55)63-60)21-19-47-24-30-51(31-25-47)62(67)73-43-17-11-10-15-41-71-59(65)5-2/h4-5,22-37,44-45H,1-2,6-17,38-43H2,3H3. The molecule has 1 aromatic heterocycles. The average molecular weight is 998 g/mol. The minimum atomic E-state index is -0.427. The number of esters is 4. The fourth-order valence-electron chi connectivity index (χ4n) is 7.56. The van der Waals surface area contributed by atoms with Gasteiger partial charge >= 0.3 is 23.9 Å². The van der Waals surface area contributed by atoms with Crippen molar-refractivity contribution in [3.63, 3.8) is 0 Å². The minimum Gasteiger partial charge on any atom is -0.494 e. The molecule has 0 aliphatic carbocycles. The van der Waals surface area contributed by atoms with Gasteiger partial charge in [-0.25, -0.2) is 24.2 Å². The molecule has 1 heterocycles. The second-order valence-electron chi connectivity index (χ2n) is 17.2. The third kappa shape index (κ3) is 18.4. The van der Waals surface area contributed by atoms with E-state index in [4.69, 9.17) is 38.1 Å². The minimum absolute atomic E-state index is 0.303. The largest absolute Gasteiger partial charge is 0.494 e. The molecule has 0 aliphatic heterocycles. The van der Waals surface area contributed by atoms with Crippen molar-refractivity contribution in [1.29, 1.82) is 0 Å². The number of fused-ring (bicyclic) bond motifs is 3. The van der Waals surface area contributed by atoms with Crippen LogP contribution in [-0.4, -0.2) is 75.6 Å². The molecule has 0 atom stereocenters. The van der Waals surface area contributed by atoms with Crippen molar-refractivity contribution < 1.29 is 52.3 Å². The molecule has 12 heteroatoms. The zero-order chi connectivity index (χ0) is 52.2. The van der Waals surface area contributed by atoms with E-state index in [1.165, 1.54) is 6.08 Å². The van der Waals surface area contributed by atoms with E-state index in [-0.39, 0.29) is 5.97 Å². The number of hydrogen-bond donors (Lipinski definition) is 0. The number of carbonyl (C=O) groups excluding carboxylic acids is 4. The van der Waals surface area contributed by atoms with Crippen LogP contribution in [0.15, 0.2) is 135 Å². The van der Waals surface area contributed by atoms with Crippen LogP contribution in [0.5, 0.6) is 17.4 Å². The fraction of sp³-hybridized carbons (Fsp3) is 0.306. The smallest absolute Gasteiger partial charge is 0.338 e. The van der Waals surface area contributed by atoms with Crippen molar-refractivity contribution in [2.24, 2.45) is 0 Å². The summed E-state index contributed by atoms with van der Waals surface area (Å²) in [4.78, 5) is 52.7. The number of pyridine rings is 1. The Labute approximate surface area is 434 Å². The molecule has 382 valence electrons. The monoisotopic (exact) mass is 997 g/mol. The van der Waals surface area contributed by atoms with Gasteiger partial charge in [-0.05, 0) is 173 Å². The topological polar surface area (TPSA) is 146 Å². The Morgan fingerprint density at radius 2 is 0.865 bits per heavy atom. The molecule has 0 saturated heterocycles. The molecular formula is C62H63NO11. The first kappa shape index (κ1) is 55.1. The van der Waals surface area contributed by atoms with Crippen LogP contribution >= 0.6 is 0 Å². The third-order valence-corrected chi connectivity index (χ3v) is 11.6. The van der Waals surface area contributed by atoms with Gasteiger partial charge in [-0.2, -0.15) is 0 Å². The van der Waals surface area contributed by atoms with E-state index >= 15 is 0 Å². The first-order chi connectivity index (χ1) is 36.2. The van der Waals surface area contributed by atoms with E-state index < -0.39 is 17.9 Å². The summed E-state index contributed by atoms with van der Waals surface area (Å²) in [6.07, 6.45) is 12.8. The maximum Gasteiger partial charge on any atom is 0.338 e. The van der Waals surface area contributed by atoms with Gasteiger partial charge in [0, 0.05) is 58.9 Å². The van der Waals surface area contributed by atoms with Crippen molar-refractivity contribution in [2.45, 2.75) is 77.0 Å². The quantitative estimate of drug-likeness (QED) is 0.0115. The van der Waals surface area contributed by atoms with E-state index in [1.807, 2.05) is 72.8 Å². The van der Waals surface area contributed by atoms with Crippen LogP contribution in [0.2, 0.25) is 0 Å². The van der Waals surface area contributed by atoms with E-state index in [1.54, 1.807) is 43.5 Å². The summed E-state index contributed by atoms with van der Waals surface area (Å²) >= 11 is 0. The van der Waals surface area contributed by atoms with E-state index in [0.29, 0.717) is 73.5 Å². The molecule has 0 radical (unpaired) electrons. The SMILES string of the molecule is C=CC(=O)OCCCCCCOC(=O)c1ccc(C#Cc2ccc3c(c2)nc(Oc2ccc(OCCCCCCOC(=O)C=C)cc2)c2cc(C#Cc4ccc(C(=O)OCCCCCCOC)cc4)ccc23)cc1. The van der Waals surface area contributed by atoms with Crippen molar-refractivity contribution in [3.8, 4) is 41.1 Å². The Hall–Kier alpha value is -8.19. The van der Waals surface area contributed by atoms with E-state index in [2.05, 4.69) is 36.8 Å². The molecule has 74 heavy (non-hydrogen) atoms. The van der Waals surface area contributed by atoms with Crippen LogP contribution in [0.3, 0.4) is 0 Å². The molecule has 0 unspecified atom stereocenters. The molecular weight excluding hydrogens is 935 g/mol. The summed E-state index contributed by atoms with van der Waals surface area (Å²) in [5.41, 5.74) is 4.57. The normalized spacial score (nSPS) is 10.6. The lowest BCUT2D eigenvalue weighted by Crippen LogP contribution is -2.06. The first-order valence-electron chi connectivity index (χ1n) is 25.2. The lowest BCUT2D eigenvalue weighted by molar-refractivity contribution is -0.138. The molecule has 6 rings (SSSR count). The Kier molecular flexibility index (Phi) is 22.8. The van der Waals surface area contributed by atoms with Crippen LogP contribution in [0.25, 0.3) is 21.7 Å². The van der Waals surface area contributed by atoms with Crippen LogP contribution in [0.1, 0.15) is 120 Å². The number of nitrogens with zero attached hydrogens (tertiary/aromatic N) is 1. The highest BCUT2D eigenvalue weighted by molar-refractivity contribution is 6.08. The number of methoxy groups -OCH3 is 1. The number of rotatable bonds is 28. The third-order valence-electron chi connectivity index (χ3n) is 11.6. The van der Waals surface area contributed by atoms with Crippen LogP contribution in [0.4, 0.5) is 0 Å². The Morgan fingerprint density at radius 3 is 1.36 bits per heavy atom. The predicted octanol–water partition coefficient (Wildman–Crippen LogP) is 12.5. The maximum atomic E-state index is 12.7. The van der Waals surface area contributed by atoms with Gasteiger partial charge in [0.15, 0.2) is 0 Å². The Bertz CT molecular complexity index is 2960. The summed E-state index contributed by atoms with van der Waals surface area (Å²) in [6.45, 7) is 9.49. The Balaban J connectivity index is 1.13. The summed E-state index contributed by atoms with van der Waals surface area (Å²) in [5, 5.41) is 2.59. The van der Waals surface area contributed by atoms with Gasteiger partial charge < -0.3 is 33.2 Å². The first-order valence-corrected chi connectivity index (χ1v) is 25.2. The highest BCUT2D eigenvalue weighted by Crippen LogP contribution is 2.35. The molecule has 5 aromatic carbocycles. The predicted molar refractivity (Wildman–Crippen MR) is 286 cm³/mol. The summed E-state index contributed by atoms with van der Waals surface area (Å²) in [7, 11) is 1.70. The van der Waals surface area contributed by atoms with Crippen LogP contribution in [-0.2, 0) is 33.3 Å². The van der Waals surface area contributed by atoms with Gasteiger partial charge in [0.1, 0.15) is 11.5 Å². The summed E-state index contributed by atoms with van der Waals surface area (Å²) in [5.74, 6) is 13.0. The number of unbranched alkanes of at least 4 members (excludes halogenated alkanes) is 9. The van der Waals surface area contributed by atoms with E-state index in [9.17, 15) is 19.2 Å². The van der Waals surface area contributed by atoms with Crippen LogP contribution < -0.4 is 9.47 Å². The van der Waals surface area contributed by atoms with Gasteiger partial charge in [0.25, 0.3) is 0 Å². The Morgan fingerprint density at radius 1 is 0.446 bits per heavy atom. The maximum absolute atomic E-state index is 12.7. The van der Waals surface area contributed by atoms with Crippen molar-refractivity contribution in [1.82, 2.24) is 4.98 Å². The van der Waals surface area contributed by atoms with E-state index in [0.717, 1.165) is 122 Å². The molecule has 0 bridgehead atoms. The lowest BCUT2D eigenvalue weighted by Gasteiger charge is -2.12. The molecule has 0 N–H and O–H groups in total. The highest BCUT2D eigenvalue weighted by atomic mass is 16.5. The summed E-state index contributed by atoms with van der Waals surface area (Å²) in [6, 6.07) is 33.3. The molecule has 0 amide bonds. The number of ether oxygens (including phenoxy) is 7. The molecule has 0 aliphatic rings. The van der Waals surface area contributed by atoms with Gasteiger partial charge in [0.05, 0.1) is 49.7 Å². The molecule has 0 fully saturated rings. The number of aromatic nitrogens is 1. The second kappa shape index (κ2) is 30.6. The second-order valence-corrected chi connectivity index (χ2v) is 17.2. The zero-order valence-corrected chi connectivity index (χ0v) is 42.1. The summed E-state index contributed by atoms with van der Waals surface area (Å²) < 4.78 is 38.6. The number of hydrogen-bond acceptors (Lipinski definition) is 12. The van der Waals surface area contributed by atoms with Crippen LogP contribution in [0, 0.1) is 23.7 Å². The van der Waals surface area contributed by atoms with Gasteiger partial charge in [-0.1, -0.05) is 55.4 Å². The van der Waals surface area contributed by atoms with Gasteiger partial charge in [-0.15, -0.1) is 0 Å². The fourth-order valence-corrected chi connectivity index (χ4v) is 7.56. The van der Waals surface area contributed by atoms with Crippen molar-refractivity contribution >= 4 is 45.6 Å². The average Bonchev–Trinajstić information content (AvgIpc) is 3.43. The van der Waals surface area contributed by atoms with Gasteiger partial charge in [-0.3, -0.25) is 0 Å². The van der Waals surface area contributed by atoms with Crippen molar-refractivity contribution in [3.05, 3.63) is 168 Å². The highest BCUT2D eigenvalue weighted by Gasteiger charge is 2.14. The van der Waals surface area contributed by atoms with Gasteiger partial charge in [0.2, 0.25) is 5.88 Å².